The predicted molar refractivity (Wildman–Crippen MR) is 66.0 cm³/mol. The highest BCUT2D eigenvalue weighted by molar-refractivity contribution is 9.10. The molecule has 0 fully saturated rings. The summed E-state index contributed by atoms with van der Waals surface area (Å²) in [5.74, 6) is -0.823. The van der Waals surface area contributed by atoms with Crippen LogP contribution in [-0.2, 0) is 17.6 Å². The van der Waals surface area contributed by atoms with E-state index in [0.29, 0.717) is 6.42 Å². The molecule has 2 aromatic heterocycles. The van der Waals surface area contributed by atoms with E-state index in [-0.39, 0.29) is 6.42 Å². The summed E-state index contributed by atoms with van der Waals surface area (Å²) in [5, 5.41) is 13.1. The van der Waals surface area contributed by atoms with Crippen molar-refractivity contribution in [2.75, 3.05) is 0 Å². The Morgan fingerprint density at radius 3 is 2.94 bits per heavy atom. The van der Waals surface area contributed by atoms with Gasteiger partial charge in [0.1, 0.15) is 4.60 Å². The molecule has 0 spiro atoms. The molecule has 2 aromatic rings. The Kier molecular flexibility index (Phi) is 3.42. The highest BCUT2D eigenvalue weighted by Gasteiger charge is 2.12. The topological polar surface area (TPSA) is 67.5 Å². The second kappa shape index (κ2) is 4.83. The predicted octanol–water partition coefficient (Wildman–Crippen LogP) is 2.07. The van der Waals surface area contributed by atoms with Crippen LogP contribution in [0, 0.1) is 0 Å². The summed E-state index contributed by atoms with van der Waals surface area (Å²) in [4.78, 5) is 14.9. The van der Waals surface area contributed by atoms with Crippen LogP contribution in [0.2, 0.25) is 0 Å². The van der Waals surface area contributed by atoms with Crippen LogP contribution >= 0.6 is 15.9 Å². The number of hydrogen-bond acceptors (Lipinski definition) is 3. The molecular weight excluding hydrogens is 286 g/mol. The second-order valence-electron chi connectivity index (χ2n) is 3.69. The van der Waals surface area contributed by atoms with E-state index in [4.69, 9.17) is 5.11 Å². The standard InChI is InChI=1S/C11H12BrN3O2/c1-2-7-3-5-9-13-8(4-6-10(16)17)11(12)15(9)14-7/h3,5H,2,4,6H2,1H3,(H,16,17). The summed E-state index contributed by atoms with van der Waals surface area (Å²) in [5.41, 5.74) is 2.43. The minimum atomic E-state index is -0.823. The Labute approximate surface area is 107 Å². The van der Waals surface area contributed by atoms with E-state index in [2.05, 4.69) is 26.0 Å². The van der Waals surface area contributed by atoms with E-state index in [9.17, 15) is 4.79 Å². The minimum absolute atomic E-state index is 0.0725. The lowest BCUT2D eigenvalue weighted by Crippen LogP contribution is -1.99. The van der Waals surface area contributed by atoms with Crippen LogP contribution < -0.4 is 0 Å². The lowest BCUT2D eigenvalue weighted by molar-refractivity contribution is -0.136. The Balaban J connectivity index is 2.38. The molecule has 0 amide bonds. The Morgan fingerprint density at radius 2 is 2.29 bits per heavy atom. The van der Waals surface area contributed by atoms with Gasteiger partial charge in [0.2, 0.25) is 0 Å². The number of carboxylic acid groups (broad SMARTS) is 1. The molecule has 0 aliphatic rings. The smallest absolute Gasteiger partial charge is 0.303 e. The fourth-order valence-electron chi connectivity index (χ4n) is 1.56. The maximum atomic E-state index is 10.5. The Hall–Kier alpha value is -1.43. The van der Waals surface area contributed by atoms with Gasteiger partial charge in [-0.05, 0) is 34.5 Å². The number of aromatic nitrogens is 3. The van der Waals surface area contributed by atoms with Gasteiger partial charge in [-0.25, -0.2) is 9.50 Å². The van der Waals surface area contributed by atoms with E-state index < -0.39 is 5.97 Å². The summed E-state index contributed by atoms with van der Waals surface area (Å²) in [7, 11) is 0. The molecule has 0 aromatic carbocycles. The van der Waals surface area contributed by atoms with Crippen molar-refractivity contribution in [1.29, 1.82) is 0 Å². The molecule has 0 atom stereocenters. The van der Waals surface area contributed by atoms with E-state index in [1.54, 1.807) is 4.52 Å². The normalized spacial score (nSPS) is 10.9. The average molecular weight is 298 g/mol. The number of fused-ring (bicyclic) bond motifs is 1. The third kappa shape index (κ3) is 2.46. The zero-order valence-corrected chi connectivity index (χ0v) is 10.9. The number of hydrogen-bond donors (Lipinski definition) is 1. The van der Waals surface area contributed by atoms with Crippen molar-refractivity contribution in [2.45, 2.75) is 26.2 Å². The molecule has 6 heteroatoms. The first-order valence-corrected chi connectivity index (χ1v) is 6.16. The number of rotatable bonds is 4. The number of carboxylic acids is 1. The van der Waals surface area contributed by atoms with Gasteiger partial charge in [0, 0.05) is 6.42 Å². The Morgan fingerprint density at radius 1 is 1.53 bits per heavy atom. The van der Waals surface area contributed by atoms with E-state index in [1.165, 1.54) is 0 Å². The van der Waals surface area contributed by atoms with Crippen molar-refractivity contribution in [3.05, 3.63) is 28.1 Å². The first-order chi connectivity index (χ1) is 8.11. The van der Waals surface area contributed by atoms with Gasteiger partial charge in [-0.3, -0.25) is 4.79 Å². The van der Waals surface area contributed by atoms with Gasteiger partial charge in [-0.2, -0.15) is 5.10 Å². The molecule has 2 rings (SSSR count). The number of carbonyl (C=O) groups is 1. The molecule has 90 valence electrons. The van der Waals surface area contributed by atoms with Gasteiger partial charge in [0.15, 0.2) is 5.65 Å². The first kappa shape index (κ1) is 12.0. The van der Waals surface area contributed by atoms with Crippen LogP contribution in [0.15, 0.2) is 16.7 Å². The fraction of sp³-hybridized carbons (Fsp3) is 0.364. The average Bonchev–Trinajstić information content (AvgIpc) is 2.63. The summed E-state index contributed by atoms with van der Waals surface area (Å²) in [6.45, 7) is 2.03. The SMILES string of the molecule is CCc1ccc2nc(CCC(=O)O)c(Br)n2n1. The molecule has 1 N–H and O–H groups in total. The first-order valence-electron chi connectivity index (χ1n) is 5.36. The van der Waals surface area contributed by atoms with Crippen LogP contribution in [-0.4, -0.2) is 25.7 Å². The molecule has 2 heterocycles. The summed E-state index contributed by atoms with van der Waals surface area (Å²) in [6.07, 6.45) is 1.33. The number of nitrogens with zero attached hydrogens (tertiary/aromatic N) is 3. The largest absolute Gasteiger partial charge is 0.481 e. The third-order valence-electron chi connectivity index (χ3n) is 2.48. The molecule has 0 aliphatic heterocycles. The van der Waals surface area contributed by atoms with Crippen molar-refractivity contribution >= 4 is 27.5 Å². The zero-order chi connectivity index (χ0) is 12.4. The fourth-order valence-corrected chi connectivity index (χ4v) is 2.11. The zero-order valence-electron chi connectivity index (χ0n) is 9.35. The van der Waals surface area contributed by atoms with E-state index >= 15 is 0 Å². The van der Waals surface area contributed by atoms with Crippen LogP contribution in [0.3, 0.4) is 0 Å². The summed E-state index contributed by atoms with van der Waals surface area (Å²) in [6, 6.07) is 3.82. The van der Waals surface area contributed by atoms with Crippen molar-refractivity contribution in [1.82, 2.24) is 14.6 Å². The maximum absolute atomic E-state index is 10.5. The van der Waals surface area contributed by atoms with Gasteiger partial charge in [0.05, 0.1) is 17.8 Å². The number of aryl methyl sites for hydroxylation is 2. The van der Waals surface area contributed by atoms with Gasteiger partial charge >= 0.3 is 5.97 Å². The van der Waals surface area contributed by atoms with Gasteiger partial charge in [-0.15, -0.1) is 0 Å². The summed E-state index contributed by atoms with van der Waals surface area (Å²) < 4.78 is 2.44. The third-order valence-corrected chi connectivity index (χ3v) is 3.28. The highest BCUT2D eigenvalue weighted by atomic mass is 79.9. The highest BCUT2D eigenvalue weighted by Crippen LogP contribution is 2.19. The molecular formula is C11H12BrN3O2. The number of halogens is 1. The molecule has 0 aliphatic carbocycles. The molecule has 0 saturated heterocycles. The monoisotopic (exact) mass is 297 g/mol. The van der Waals surface area contributed by atoms with Crippen LogP contribution in [0.4, 0.5) is 0 Å². The van der Waals surface area contributed by atoms with Gasteiger partial charge < -0.3 is 5.11 Å². The quantitative estimate of drug-likeness (QED) is 0.938. The molecule has 0 saturated carbocycles. The number of aliphatic carboxylic acids is 1. The maximum Gasteiger partial charge on any atom is 0.303 e. The van der Waals surface area contributed by atoms with Gasteiger partial charge in [-0.1, -0.05) is 6.92 Å². The minimum Gasteiger partial charge on any atom is -0.481 e. The van der Waals surface area contributed by atoms with Crippen molar-refractivity contribution in [3.63, 3.8) is 0 Å². The second-order valence-corrected chi connectivity index (χ2v) is 4.44. The summed E-state index contributed by atoms with van der Waals surface area (Å²) >= 11 is 3.41. The van der Waals surface area contributed by atoms with E-state index in [0.717, 1.165) is 28.1 Å². The molecule has 0 bridgehead atoms. The molecule has 17 heavy (non-hydrogen) atoms. The Bertz CT molecular complexity index is 565. The lowest BCUT2D eigenvalue weighted by Gasteiger charge is -1.98. The van der Waals surface area contributed by atoms with Crippen LogP contribution in [0.5, 0.6) is 0 Å². The molecule has 0 unspecified atom stereocenters. The van der Waals surface area contributed by atoms with Gasteiger partial charge in [0.25, 0.3) is 0 Å². The lowest BCUT2D eigenvalue weighted by atomic mass is 10.2. The van der Waals surface area contributed by atoms with Crippen LogP contribution in [0.1, 0.15) is 24.7 Å². The van der Waals surface area contributed by atoms with Crippen molar-refractivity contribution in [2.24, 2.45) is 0 Å². The molecule has 5 nitrogen and oxygen atoms in total. The van der Waals surface area contributed by atoms with Crippen molar-refractivity contribution in [3.8, 4) is 0 Å². The number of imidazole rings is 1. The van der Waals surface area contributed by atoms with Crippen molar-refractivity contribution < 1.29 is 9.90 Å². The molecule has 0 radical (unpaired) electrons. The van der Waals surface area contributed by atoms with E-state index in [1.807, 2.05) is 19.1 Å². The van der Waals surface area contributed by atoms with Crippen LogP contribution in [0.25, 0.3) is 5.65 Å².